The Hall–Kier alpha value is -3.16. The number of amides is 1. The van der Waals surface area contributed by atoms with Crippen LogP contribution in [0.15, 0.2) is 82.6 Å². The van der Waals surface area contributed by atoms with Gasteiger partial charge in [0.05, 0.1) is 25.9 Å². The molecule has 6 nitrogen and oxygen atoms in total. The molecular weight excluding hydrogens is 402 g/mol. The number of aromatic carboxylic acids is 1. The van der Waals surface area contributed by atoms with E-state index in [0.717, 1.165) is 0 Å². The van der Waals surface area contributed by atoms with Gasteiger partial charge in [0.15, 0.2) is 0 Å². The molecule has 0 fully saturated rings. The summed E-state index contributed by atoms with van der Waals surface area (Å²) < 4.78 is 25.5. The second-order valence-corrected chi connectivity index (χ2v) is 8.15. The van der Waals surface area contributed by atoms with E-state index >= 15 is 0 Å². The van der Waals surface area contributed by atoms with Gasteiger partial charge in [0, 0.05) is 5.69 Å². The van der Waals surface area contributed by atoms with Gasteiger partial charge in [-0.2, -0.15) is 0 Å². The SMILES string of the molecule is O=C(O)c1ccc(NC(=O)c2cc(S(=O)(=O)c3ccccc3)ccc2Cl)cc1. The largest absolute Gasteiger partial charge is 0.478 e. The summed E-state index contributed by atoms with van der Waals surface area (Å²) in [6, 6.07) is 17.3. The van der Waals surface area contributed by atoms with Gasteiger partial charge in [-0.3, -0.25) is 4.79 Å². The van der Waals surface area contributed by atoms with Gasteiger partial charge in [0.1, 0.15) is 0 Å². The van der Waals surface area contributed by atoms with Crippen molar-refractivity contribution in [3.8, 4) is 0 Å². The zero-order valence-electron chi connectivity index (χ0n) is 14.3. The van der Waals surface area contributed by atoms with E-state index < -0.39 is 21.7 Å². The molecule has 3 aromatic rings. The minimum Gasteiger partial charge on any atom is -0.478 e. The molecule has 0 aliphatic carbocycles. The molecular formula is C20H14ClNO5S. The molecule has 3 rings (SSSR count). The fourth-order valence-electron chi connectivity index (χ4n) is 2.48. The molecule has 0 bridgehead atoms. The molecule has 28 heavy (non-hydrogen) atoms. The van der Waals surface area contributed by atoms with Crippen molar-refractivity contribution in [3.05, 3.63) is 88.9 Å². The Bertz CT molecular complexity index is 1140. The number of hydrogen-bond donors (Lipinski definition) is 2. The number of rotatable bonds is 5. The molecule has 0 spiro atoms. The topological polar surface area (TPSA) is 101 Å². The first-order valence-electron chi connectivity index (χ1n) is 8.03. The standard InChI is InChI=1S/C20H14ClNO5S/c21-18-11-10-16(28(26,27)15-4-2-1-3-5-15)12-17(18)19(23)22-14-8-6-13(7-9-14)20(24)25/h1-12H,(H,22,23)(H,24,25). The second kappa shape index (κ2) is 7.84. The lowest BCUT2D eigenvalue weighted by molar-refractivity contribution is 0.0696. The molecule has 8 heteroatoms. The fourth-order valence-corrected chi connectivity index (χ4v) is 3.99. The number of carboxylic acids is 1. The van der Waals surface area contributed by atoms with E-state index in [1.807, 2.05) is 0 Å². The fraction of sp³-hybridized carbons (Fsp3) is 0. The highest BCUT2D eigenvalue weighted by atomic mass is 35.5. The zero-order chi connectivity index (χ0) is 20.3. The van der Waals surface area contributed by atoms with Crippen LogP contribution in [0, 0.1) is 0 Å². The molecule has 0 saturated heterocycles. The van der Waals surface area contributed by atoms with Crippen LogP contribution in [-0.4, -0.2) is 25.4 Å². The van der Waals surface area contributed by atoms with Gasteiger partial charge >= 0.3 is 5.97 Å². The number of nitrogens with one attached hydrogen (secondary N) is 1. The van der Waals surface area contributed by atoms with Gasteiger partial charge in [0.25, 0.3) is 5.91 Å². The van der Waals surface area contributed by atoms with Gasteiger partial charge in [-0.1, -0.05) is 29.8 Å². The smallest absolute Gasteiger partial charge is 0.335 e. The summed E-state index contributed by atoms with van der Waals surface area (Å²) in [5, 5.41) is 11.6. The van der Waals surface area contributed by atoms with Gasteiger partial charge < -0.3 is 10.4 Å². The Morgan fingerprint density at radius 1 is 0.857 bits per heavy atom. The molecule has 0 heterocycles. The number of carbonyl (C=O) groups excluding carboxylic acids is 1. The van der Waals surface area contributed by atoms with Crippen LogP contribution in [0.2, 0.25) is 5.02 Å². The average Bonchev–Trinajstić information content (AvgIpc) is 2.69. The van der Waals surface area contributed by atoms with Crippen LogP contribution in [0.5, 0.6) is 0 Å². The van der Waals surface area contributed by atoms with Gasteiger partial charge in [-0.25, -0.2) is 13.2 Å². The zero-order valence-corrected chi connectivity index (χ0v) is 15.9. The summed E-state index contributed by atoms with van der Waals surface area (Å²) in [4.78, 5) is 23.5. The van der Waals surface area contributed by atoms with Crippen LogP contribution in [0.4, 0.5) is 5.69 Å². The lowest BCUT2D eigenvalue weighted by Gasteiger charge is -2.10. The highest BCUT2D eigenvalue weighted by molar-refractivity contribution is 7.91. The molecule has 0 radical (unpaired) electrons. The molecule has 1 amide bonds. The predicted molar refractivity (Wildman–Crippen MR) is 105 cm³/mol. The molecule has 3 aromatic carbocycles. The first-order chi connectivity index (χ1) is 13.3. The van der Waals surface area contributed by atoms with Crippen molar-refractivity contribution in [1.82, 2.24) is 0 Å². The quantitative estimate of drug-likeness (QED) is 0.652. The predicted octanol–water partition coefficient (Wildman–Crippen LogP) is 4.12. The Kier molecular flexibility index (Phi) is 5.48. The van der Waals surface area contributed by atoms with Crippen LogP contribution in [0.1, 0.15) is 20.7 Å². The maximum absolute atomic E-state index is 12.7. The Labute approximate surface area is 166 Å². The number of carbonyl (C=O) groups is 2. The van der Waals surface area contributed by atoms with Crippen molar-refractivity contribution in [2.24, 2.45) is 0 Å². The Balaban J connectivity index is 1.91. The first-order valence-corrected chi connectivity index (χ1v) is 9.89. The van der Waals surface area contributed by atoms with E-state index in [9.17, 15) is 18.0 Å². The van der Waals surface area contributed by atoms with Crippen LogP contribution < -0.4 is 5.32 Å². The minimum atomic E-state index is -3.80. The van der Waals surface area contributed by atoms with Crippen molar-refractivity contribution >= 4 is 39.0 Å². The molecule has 0 aromatic heterocycles. The first kappa shape index (κ1) is 19.6. The summed E-state index contributed by atoms with van der Waals surface area (Å²) in [5.74, 6) is -1.70. The highest BCUT2D eigenvalue weighted by Gasteiger charge is 2.21. The molecule has 0 atom stereocenters. The third-order valence-corrected chi connectivity index (χ3v) is 6.03. The molecule has 142 valence electrons. The summed E-state index contributed by atoms with van der Waals surface area (Å²) in [7, 11) is -3.80. The van der Waals surface area contributed by atoms with E-state index in [-0.39, 0.29) is 25.9 Å². The highest BCUT2D eigenvalue weighted by Crippen LogP contribution is 2.26. The number of sulfone groups is 1. The number of halogens is 1. The number of hydrogen-bond acceptors (Lipinski definition) is 4. The van der Waals surface area contributed by atoms with Crippen molar-refractivity contribution < 1.29 is 23.1 Å². The number of carboxylic acid groups (broad SMARTS) is 1. The maximum atomic E-state index is 12.7. The normalized spacial score (nSPS) is 11.0. The number of benzene rings is 3. The van der Waals surface area contributed by atoms with Gasteiger partial charge in [0.2, 0.25) is 9.84 Å². The lowest BCUT2D eigenvalue weighted by atomic mass is 10.2. The van der Waals surface area contributed by atoms with Crippen LogP contribution >= 0.6 is 11.6 Å². The Morgan fingerprint density at radius 3 is 2.11 bits per heavy atom. The number of anilines is 1. The van der Waals surface area contributed by atoms with Gasteiger partial charge in [-0.05, 0) is 54.6 Å². The van der Waals surface area contributed by atoms with Crippen molar-refractivity contribution in [1.29, 1.82) is 0 Å². The molecule has 0 aliphatic heterocycles. The molecule has 0 aliphatic rings. The third kappa shape index (κ3) is 4.05. The van der Waals surface area contributed by atoms with Gasteiger partial charge in [-0.15, -0.1) is 0 Å². The Morgan fingerprint density at radius 2 is 1.50 bits per heavy atom. The van der Waals surface area contributed by atoms with E-state index in [2.05, 4.69) is 5.32 Å². The third-order valence-electron chi connectivity index (χ3n) is 3.94. The lowest BCUT2D eigenvalue weighted by Crippen LogP contribution is -2.14. The molecule has 2 N–H and O–H groups in total. The maximum Gasteiger partial charge on any atom is 0.335 e. The monoisotopic (exact) mass is 415 g/mol. The van der Waals surface area contributed by atoms with E-state index in [4.69, 9.17) is 16.7 Å². The summed E-state index contributed by atoms with van der Waals surface area (Å²) >= 11 is 6.09. The summed E-state index contributed by atoms with van der Waals surface area (Å²) in [6.07, 6.45) is 0. The molecule has 0 unspecified atom stereocenters. The van der Waals surface area contributed by atoms with Crippen LogP contribution in [0.25, 0.3) is 0 Å². The second-order valence-electron chi connectivity index (χ2n) is 5.79. The van der Waals surface area contributed by atoms with E-state index in [1.54, 1.807) is 18.2 Å². The van der Waals surface area contributed by atoms with Crippen molar-refractivity contribution in [2.45, 2.75) is 9.79 Å². The van der Waals surface area contributed by atoms with Crippen molar-refractivity contribution in [3.63, 3.8) is 0 Å². The average molecular weight is 416 g/mol. The van der Waals surface area contributed by atoms with E-state index in [0.29, 0.717) is 5.69 Å². The minimum absolute atomic E-state index is 0.0130. The van der Waals surface area contributed by atoms with Crippen LogP contribution in [-0.2, 0) is 9.84 Å². The molecule has 0 saturated carbocycles. The van der Waals surface area contributed by atoms with E-state index in [1.165, 1.54) is 54.6 Å². The summed E-state index contributed by atoms with van der Waals surface area (Å²) in [5.41, 5.74) is 0.412. The van der Waals surface area contributed by atoms with Crippen LogP contribution in [0.3, 0.4) is 0 Å². The van der Waals surface area contributed by atoms with Crippen molar-refractivity contribution in [2.75, 3.05) is 5.32 Å². The summed E-state index contributed by atoms with van der Waals surface area (Å²) in [6.45, 7) is 0.